The van der Waals surface area contributed by atoms with E-state index >= 15 is 0 Å². The van der Waals surface area contributed by atoms with E-state index in [-0.39, 0.29) is 11.6 Å². The molecule has 1 N–H and O–H groups in total. The van der Waals surface area contributed by atoms with Crippen molar-refractivity contribution >= 4 is 17.3 Å². The van der Waals surface area contributed by atoms with E-state index in [1.165, 1.54) is 30.9 Å². The quantitative estimate of drug-likeness (QED) is 0.513. The predicted molar refractivity (Wildman–Crippen MR) is 116 cm³/mol. The summed E-state index contributed by atoms with van der Waals surface area (Å²) in [6.07, 6.45) is 0.293. The minimum atomic E-state index is -0.507. The van der Waals surface area contributed by atoms with Crippen LogP contribution in [0.3, 0.4) is 0 Å². The second-order valence-corrected chi connectivity index (χ2v) is 7.37. The number of methoxy groups -OCH3 is 1. The minimum absolute atomic E-state index is 0.102. The number of rotatable bonds is 8. The number of nitrogens with one attached hydrogen (secondary N) is 1. The van der Waals surface area contributed by atoms with Crippen LogP contribution in [0.25, 0.3) is 0 Å². The number of nitro benzene ring substituents is 1. The standard InChI is InChI=1S/C22H25N5O4/c1-31-21-7-6-19(27(29)30)14-20(21)24-22(28)8-9-25-10-12-26(13-11-25)16-18-4-2-17(15-23)3-5-18/h2-7,14H,8-13,16H2,1H3,(H,24,28). The molecule has 1 aliphatic rings. The first-order valence-electron chi connectivity index (χ1n) is 10.0. The molecule has 0 bridgehead atoms. The van der Waals surface area contributed by atoms with Crippen LogP contribution in [-0.2, 0) is 11.3 Å². The monoisotopic (exact) mass is 423 g/mol. The number of piperazine rings is 1. The largest absolute Gasteiger partial charge is 0.495 e. The molecule has 3 rings (SSSR count). The van der Waals surface area contributed by atoms with Gasteiger partial charge in [0, 0.05) is 57.8 Å². The first-order chi connectivity index (χ1) is 15.0. The van der Waals surface area contributed by atoms with Crippen molar-refractivity contribution in [3.63, 3.8) is 0 Å². The maximum absolute atomic E-state index is 12.4. The van der Waals surface area contributed by atoms with E-state index in [0.717, 1.165) is 32.7 Å². The van der Waals surface area contributed by atoms with Gasteiger partial charge < -0.3 is 15.0 Å². The summed E-state index contributed by atoms with van der Waals surface area (Å²) in [7, 11) is 1.45. The Hall–Kier alpha value is -3.48. The number of carbonyl (C=O) groups excluding carboxylic acids is 1. The van der Waals surface area contributed by atoms with Gasteiger partial charge in [0.25, 0.3) is 5.69 Å². The molecule has 0 aromatic heterocycles. The SMILES string of the molecule is COc1ccc([N+](=O)[O-])cc1NC(=O)CCN1CCN(Cc2ccc(C#N)cc2)CC1. The zero-order valence-electron chi connectivity index (χ0n) is 17.4. The van der Waals surface area contributed by atoms with Crippen LogP contribution in [0.1, 0.15) is 17.5 Å². The Morgan fingerprint density at radius 1 is 1.16 bits per heavy atom. The first kappa shape index (κ1) is 22.2. The molecule has 9 nitrogen and oxygen atoms in total. The Labute approximate surface area is 181 Å². The average molecular weight is 423 g/mol. The third-order valence-corrected chi connectivity index (χ3v) is 5.28. The highest BCUT2D eigenvalue weighted by molar-refractivity contribution is 5.92. The minimum Gasteiger partial charge on any atom is -0.495 e. The van der Waals surface area contributed by atoms with E-state index < -0.39 is 4.92 Å². The topological polar surface area (TPSA) is 112 Å². The summed E-state index contributed by atoms with van der Waals surface area (Å²) < 4.78 is 5.18. The number of amides is 1. The molecule has 2 aromatic rings. The number of nitriles is 1. The summed E-state index contributed by atoms with van der Waals surface area (Å²) in [6.45, 7) is 4.99. The zero-order valence-corrected chi connectivity index (χ0v) is 17.4. The van der Waals surface area contributed by atoms with Gasteiger partial charge in [-0.3, -0.25) is 19.8 Å². The summed E-state index contributed by atoms with van der Waals surface area (Å²) in [5, 5.41) is 22.6. The molecule has 0 unspecified atom stereocenters. The molecule has 1 heterocycles. The molecule has 0 aliphatic carbocycles. The molecular formula is C22H25N5O4. The molecule has 1 saturated heterocycles. The normalized spacial score (nSPS) is 14.6. The van der Waals surface area contributed by atoms with Crippen LogP contribution in [0.2, 0.25) is 0 Å². The van der Waals surface area contributed by atoms with E-state index in [4.69, 9.17) is 10.00 Å². The maximum atomic E-state index is 12.4. The van der Waals surface area contributed by atoms with Crippen molar-refractivity contribution in [3.8, 4) is 11.8 Å². The number of anilines is 1. The molecule has 31 heavy (non-hydrogen) atoms. The number of nitro groups is 1. The molecule has 9 heteroatoms. The zero-order chi connectivity index (χ0) is 22.2. The summed E-state index contributed by atoms with van der Waals surface area (Å²) in [5.41, 5.74) is 2.04. The second-order valence-electron chi connectivity index (χ2n) is 7.37. The number of non-ortho nitro benzene ring substituents is 1. The summed E-state index contributed by atoms with van der Waals surface area (Å²) in [4.78, 5) is 27.4. The van der Waals surface area contributed by atoms with Crippen LogP contribution in [0.5, 0.6) is 5.75 Å². The van der Waals surface area contributed by atoms with E-state index in [2.05, 4.69) is 21.2 Å². The average Bonchev–Trinajstić information content (AvgIpc) is 2.79. The van der Waals surface area contributed by atoms with E-state index in [1.54, 1.807) is 0 Å². The van der Waals surface area contributed by atoms with Crippen molar-refractivity contribution in [2.24, 2.45) is 0 Å². The molecule has 0 spiro atoms. The van der Waals surface area contributed by atoms with Crippen LogP contribution in [0, 0.1) is 21.4 Å². The van der Waals surface area contributed by atoms with Gasteiger partial charge in [-0.2, -0.15) is 5.26 Å². The van der Waals surface area contributed by atoms with E-state index in [9.17, 15) is 14.9 Å². The number of ether oxygens (including phenoxy) is 1. The lowest BCUT2D eigenvalue weighted by Gasteiger charge is -2.34. The van der Waals surface area contributed by atoms with Crippen LogP contribution < -0.4 is 10.1 Å². The molecule has 162 valence electrons. The van der Waals surface area contributed by atoms with Gasteiger partial charge in [0.15, 0.2) is 0 Å². The summed E-state index contributed by atoms with van der Waals surface area (Å²) in [5.74, 6) is 0.175. The van der Waals surface area contributed by atoms with Gasteiger partial charge in [-0.25, -0.2) is 0 Å². The van der Waals surface area contributed by atoms with Crippen molar-refractivity contribution < 1.29 is 14.5 Å². The highest BCUT2D eigenvalue weighted by Gasteiger charge is 2.19. The number of carbonyl (C=O) groups is 1. The third kappa shape index (κ3) is 6.25. The Morgan fingerprint density at radius 2 is 1.84 bits per heavy atom. The first-order valence-corrected chi connectivity index (χ1v) is 10.0. The smallest absolute Gasteiger partial charge is 0.271 e. The molecule has 1 aliphatic heterocycles. The predicted octanol–water partition coefficient (Wildman–Crippen LogP) is 2.62. The van der Waals surface area contributed by atoms with Gasteiger partial charge in [0.05, 0.1) is 29.4 Å². The Kier molecular flexibility index (Phi) is 7.54. The molecule has 0 radical (unpaired) electrons. The molecule has 2 aromatic carbocycles. The van der Waals surface area contributed by atoms with Crippen molar-refractivity contribution in [1.29, 1.82) is 5.26 Å². The molecule has 1 fully saturated rings. The van der Waals surface area contributed by atoms with Gasteiger partial charge >= 0.3 is 0 Å². The number of hydrogen-bond donors (Lipinski definition) is 1. The second kappa shape index (κ2) is 10.5. The lowest BCUT2D eigenvalue weighted by atomic mass is 10.1. The Balaban J connectivity index is 1.44. The number of benzene rings is 2. The highest BCUT2D eigenvalue weighted by atomic mass is 16.6. The summed E-state index contributed by atoms with van der Waals surface area (Å²) in [6, 6.07) is 13.9. The molecule has 0 atom stereocenters. The van der Waals surface area contributed by atoms with E-state index in [0.29, 0.717) is 30.0 Å². The van der Waals surface area contributed by atoms with E-state index in [1.807, 2.05) is 24.3 Å². The van der Waals surface area contributed by atoms with Gasteiger partial charge in [-0.1, -0.05) is 12.1 Å². The van der Waals surface area contributed by atoms with Crippen molar-refractivity contribution in [2.45, 2.75) is 13.0 Å². The third-order valence-electron chi connectivity index (χ3n) is 5.28. The lowest BCUT2D eigenvalue weighted by Crippen LogP contribution is -2.46. The fourth-order valence-electron chi connectivity index (χ4n) is 3.49. The van der Waals surface area contributed by atoms with Crippen LogP contribution in [-0.4, -0.2) is 60.5 Å². The highest BCUT2D eigenvalue weighted by Crippen LogP contribution is 2.29. The van der Waals surface area contributed by atoms with Gasteiger partial charge in [0.1, 0.15) is 5.75 Å². The molecule has 0 saturated carbocycles. The molecular weight excluding hydrogens is 398 g/mol. The van der Waals surface area contributed by atoms with Gasteiger partial charge in [0.2, 0.25) is 5.91 Å². The van der Waals surface area contributed by atoms with Gasteiger partial charge in [-0.05, 0) is 23.8 Å². The van der Waals surface area contributed by atoms with Crippen LogP contribution >= 0.6 is 0 Å². The number of hydrogen-bond acceptors (Lipinski definition) is 7. The van der Waals surface area contributed by atoms with Crippen molar-refractivity contribution in [2.75, 3.05) is 45.2 Å². The number of nitrogens with zero attached hydrogens (tertiary/aromatic N) is 4. The van der Waals surface area contributed by atoms with Crippen LogP contribution in [0.15, 0.2) is 42.5 Å². The van der Waals surface area contributed by atoms with Crippen molar-refractivity contribution in [3.05, 3.63) is 63.7 Å². The fraction of sp³-hybridized carbons (Fsp3) is 0.364. The summed E-state index contributed by atoms with van der Waals surface area (Å²) >= 11 is 0. The van der Waals surface area contributed by atoms with Crippen LogP contribution in [0.4, 0.5) is 11.4 Å². The van der Waals surface area contributed by atoms with Gasteiger partial charge in [-0.15, -0.1) is 0 Å². The molecule has 1 amide bonds. The Morgan fingerprint density at radius 3 is 2.45 bits per heavy atom. The maximum Gasteiger partial charge on any atom is 0.271 e. The Bertz CT molecular complexity index is 963. The lowest BCUT2D eigenvalue weighted by molar-refractivity contribution is -0.384. The van der Waals surface area contributed by atoms with Crippen molar-refractivity contribution in [1.82, 2.24) is 9.80 Å². The fourth-order valence-corrected chi connectivity index (χ4v) is 3.49.